The first-order valence-electron chi connectivity index (χ1n) is 6.37. The highest BCUT2D eigenvalue weighted by molar-refractivity contribution is 7.89. The molecule has 5 nitrogen and oxygen atoms in total. The van der Waals surface area contributed by atoms with Gasteiger partial charge in [0.2, 0.25) is 10.0 Å². The van der Waals surface area contributed by atoms with E-state index < -0.39 is 10.0 Å². The molecule has 0 heterocycles. The molecule has 0 bridgehead atoms. The predicted octanol–water partition coefficient (Wildman–Crippen LogP) is 1.92. The third kappa shape index (κ3) is 5.07. The second-order valence-corrected chi connectivity index (χ2v) is 7.76. The van der Waals surface area contributed by atoms with Gasteiger partial charge in [-0.1, -0.05) is 26.0 Å². The second-order valence-electron chi connectivity index (χ2n) is 5.71. The Kier molecular flexibility index (Phi) is 7.02. The van der Waals surface area contributed by atoms with Crippen molar-refractivity contribution >= 4 is 28.2 Å². The molecule has 0 fully saturated rings. The third-order valence-electron chi connectivity index (χ3n) is 3.15. The molecule has 0 amide bonds. The van der Waals surface area contributed by atoms with E-state index in [1.165, 1.54) is 30.4 Å². The molecule has 21 heavy (non-hydrogen) atoms. The van der Waals surface area contributed by atoms with Gasteiger partial charge < -0.3 is 5.73 Å². The molecule has 120 valence electrons. The number of nitrogens with two attached hydrogens (primary N) is 1. The Balaban J connectivity index is 0.00000400. The molecule has 0 saturated carbocycles. The summed E-state index contributed by atoms with van der Waals surface area (Å²) in [7, 11) is -2.09. The Hall–Kier alpha value is -0.950. The number of nitrogens with zero attached hydrogens (tertiary/aromatic N) is 1. The molecule has 1 aromatic carbocycles. The summed E-state index contributed by atoms with van der Waals surface area (Å²) in [6.45, 7) is 5.93. The maximum Gasteiger partial charge on any atom is 0.242 e. The summed E-state index contributed by atoms with van der Waals surface area (Å²) in [4.78, 5) is 11.5. The van der Waals surface area contributed by atoms with Crippen molar-refractivity contribution < 1.29 is 13.2 Å². The van der Waals surface area contributed by atoms with E-state index in [0.717, 1.165) is 0 Å². The quantitative estimate of drug-likeness (QED) is 0.806. The number of benzene rings is 1. The molecule has 0 radical (unpaired) electrons. The number of carbonyl (C=O) groups excluding carboxylic acids is 1. The largest absolute Gasteiger partial charge is 0.330 e. The molecule has 0 aliphatic heterocycles. The van der Waals surface area contributed by atoms with Gasteiger partial charge in [-0.05, 0) is 31.0 Å². The van der Waals surface area contributed by atoms with Crippen molar-refractivity contribution in [2.45, 2.75) is 25.7 Å². The highest BCUT2D eigenvalue weighted by Crippen LogP contribution is 2.21. The van der Waals surface area contributed by atoms with Crippen molar-refractivity contribution in [3.8, 4) is 0 Å². The summed E-state index contributed by atoms with van der Waals surface area (Å²) in [6.07, 6.45) is 0. The molecule has 0 aliphatic carbocycles. The normalized spacial score (nSPS) is 12.1. The number of hydrogen-bond donors (Lipinski definition) is 1. The number of carbonyl (C=O) groups is 1. The van der Waals surface area contributed by atoms with E-state index in [1.807, 2.05) is 13.8 Å². The predicted molar refractivity (Wildman–Crippen MR) is 86.3 cm³/mol. The average Bonchev–Trinajstić information content (AvgIpc) is 2.38. The van der Waals surface area contributed by atoms with Crippen LogP contribution in [0.15, 0.2) is 29.2 Å². The van der Waals surface area contributed by atoms with Gasteiger partial charge in [-0.3, -0.25) is 4.79 Å². The van der Waals surface area contributed by atoms with Crippen molar-refractivity contribution in [3.05, 3.63) is 29.8 Å². The zero-order chi connectivity index (χ0) is 15.6. The summed E-state index contributed by atoms with van der Waals surface area (Å²) in [5, 5.41) is 0. The van der Waals surface area contributed by atoms with Crippen molar-refractivity contribution in [3.63, 3.8) is 0 Å². The molecule has 0 saturated heterocycles. The molecule has 0 aromatic heterocycles. The summed E-state index contributed by atoms with van der Waals surface area (Å²) >= 11 is 0. The van der Waals surface area contributed by atoms with Crippen molar-refractivity contribution in [1.82, 2.24) is 4.31 Å². The number of sulfonamides is 1. The molecule has 7 heteroatoms. The van der Waals surface area contributed by atoms with Crippen LogP contribution in [0.2, 0.25) is 0 Å². The van der Waals surface area contributed by atoms with Gasteiger partial charge in [-0.25, -0.2) is 12.7 Å². The van der Waals surface area contributed by atoms with Gasteiger partial charge in [-0.2, -0.15) is 0 Å². The second kappa shape index (κ2) is 7.35. The summed E-state index contributed by atoms with van der Waals surface area (Å²) in [5.41, 5.74) is 5.72. The van der Waals surface area contributed by atoms with Crippen molar-refractivity contribution in [2.24, 2.45) is 11.1 Å². The minimum Gasteiger partial charge on any atom is -0.330 e. The van der Waals surface area contributed by atoms with Crippen LogP contribution in [0.5, 0.6) is 0 Å². The summed E-state index contributed by atoms with van der Waals surface area (Å²) in [6, 6.07) is 6.08. The fourth-order valence-corrected chi connectivity index (χ4v) is 3.21. The zero-order valence-electron chi connectivity index (χ0n) is 12.8. The fourth-order valence-electron chi connectivity index (χ4n) is 1.81. The van der Waals surface area contributed by atoms with E-state index in [2.05, 4.69) is 0 Å². The monoisotopic (exact) mass is 334 g/mol. The number of Topliss-reactive ketones (excluding diaryl/α,β-unsaturated/α-hetero) is 1. The summed E-state index contributed by atoms with van der Waals surface area (Å²) in [5.74, 6) is -0.160. The lowest BCUT2D eigenvalue weighted by Gasteiger charge is -2.28. The SMILES string of the molecule is CC(=O)c1cccc(S(=O)(=O)N(C)CC(C)(C)CN)c1.Cl. The molecule has 0 atom stereocenters. The van der Waals surface area contributed by atoms with Crippen LogP contribution in [0.25, 0.3) is 0 Å². The maximum atomic E-state index is 12.5. The van der Waals surface area contributed by atoms with E-state index >= 15 is 0 Å². The standard InChI is InChI=1S/C14H22N2O3S.ClH/c1-11(17)12-6-5-7-13(8-12)20(18,19)16(4)10-14(2,3)9-15;/h5-8H,9-10,15H2,1-4H3;1H. The lowest BCUT2D eigenvalue weighted by Crippen LogP contribution is -2.39. The molecule has 2 N–H and O–H groups in total. The van der Waals surface area contributed by atoms with Gasteiger partial charge >= 0.3 is 0 Å². The van der Waals surface area contributed by atoms with Crippen molar-refractivity contribution in [2.75, 3.05) is 20.1 Å². The number of hydrogen-bond acceptors (Lipinski definition) is 4. The highest BCUT2D eigenvalue weighted by atomic mass is 35.5. The first-order chi connectivity index (χ1) is 9.10. The lowest BCUT2D eigenvalue weighted by atomic mass is 9.94. The first kappa shape index (κ1) is 20.1. The Morgan fingerprint density at radius 3 is 2.38 bits per heavy atom. The number of ketones is 1. The third-order valence-corrected chi connectivity index (χ3v) is 4.95. The van der Waals surface area contributed by atoms with Crippen LogP contribution in [-0.4, -0.2) is 38.6 Å². The molecule has 1 aromatic rings. The maximum absolute atomic E-state index is 12.5. The van der Waals surface area contributed by atoms with Gasteiger partial charge in [0.25, 0.3) is 0 Å². The van der Waals surface area contributed by atoms with E-state index in [0.29, 0.717) is 18.7 Å². The number of halogens is 1. The Labute approximate surface area is 133 Å². The first-order valence-corrected chi connectivity index (χ1v) is 7.81. The van der Waals surface area contributed by atoms with Crippen LogP contribution in [0.3, 0.4) is 0 Å². The molecule has 0 aliphatic rings. The van der Waals surface area contributed by atoms with Gasteiger partial charge in [0.05, 0.1) is 4.90 Å². The molecule has 0 spiro atoms. The van der Waals surface area contributed by atoms with Crippen LogP contribution >= 0.6 is 12.4 Å². The average molecular weight is 335 g/mol. The van der Waals surface area contributed by atoms with Crippen molar-refractivity contribution in [1.29, 1.82) is 0 Å². The van der Waals surface area contributed by atoms with Gasteiger partial charge in [-0.15, -0.1) is 12.4 Å². The number of rotatable bonds is 6. The summed E-state index contributed by atoms with van der Waals surface area (Å²) < 4.78 is 26.2. The minimum absolute atomic E-state index is 0. The molecular formula is C14H23ClN2O3S. The highest BCUT2D eigenvalue weighted by Gasteiger charge is 2.27. The molecule has 0 unspecified atom stereocenters. The van der Waals surface area contributed by atoms with Crippen LogP contribution in [-0.2, 0) is 10.0 Å². The van der Waals surface area contributed by atoms with Gasteiger partial charge in [0, 0.05) is 19.2 Å². The van der Waals surface area contributed by atoms with E-state index in [1.54, 1.807) is 12.1 Å². The van der Waals surface area contributed by atoms with E-state index in [4.69, 9.17) is 5.73 Å². The molecule has 1 rings (SSSR count). The van der Waals surface area contributed by atoms with Crippen LogP contribution in [0, 0.1) is 5.41 Å². The lowest BCUT2D eigenvalue weighted by molar-refractivity contribution is 0.101. The van der Waals surface area contributed by atoms with E-state index in [9.17, 15) is 13.2 Å². The minimum atomic E-state index is -3.61. The van der Waals surface area contributed by atoms with Gasteiger partial charge in [0.1, 0.15) is 0 Å². The van der Waals surface area contributed by atoms with Crippen LogP contribution in [0.4, 0.5) is 0 Å². The van der Waals surface area contributed by atoms with Crippen LogP contribution < -0.4 is 5.73 Å². The van der Waals surface area contributed by atoms with Crippen LogP contribution in [0.1, 0.15) is 31.1 Å². The Morgan fingerprint density at radius 2 is 1.90 bits per heavy atom. The Morgan fingerprint density at radius 1 is 1.33 bits per heavy atom. The topological polar surface area (TPSA) is 80.5 Å². The Bertz CT molecular complexity index is 600. The van der Waals surface area contributed by atoms with E-state index in [-0.39, 0.29) is 28.5 Å². The zero-order valence-corrected chi connectivity index (χ0v) is 14.4. The fraction of sp³-hybridized carbons (Fsp3) is 0.500. The van der Waals surface area contributed by atoms with Gasteiger partial charge in [0.15, 0.2) is 5.78 Å². The smallest absolute Gasteiger partial charge is 0.242 e. The molecular weight excluding hydrogens is 312 g/mol.